The minimum Gasteiger partial charge on any atom is -0.356 e. The standard InChI is InChI=1S/C18H19FN4O2/c1-3-4-8-20-16(24)10-15-22-18(25-23-15)13-9-12-6-5-7-14(19)17(12)21-11(13)2/h5-7,9H,3-4,8,10H2,1-2H3,(H,20,24). The molecule has 0 bridgehead atoms. The maximum Gasteiger partial charge on any atom is 0.259 e. The van der Waals surface area contributed by atoms with Crippen LogP contribution in [-0.4, -0.2) is 27.6 Å². The van der Waals surface area contributed by atoms with Crippen LogP contribution in [0.15, 0.2) is 28.8 Å². The van der Waals surface area contributed by atoms with Gasteiger partial charge in [-0.3, -0.25) is 4.79 Å². The molecule has 2 heterocycles. The van der Waals surface area contributed by atoms with Crippen molar-refractivity contribution in [3.8, 4) is 11.5 Å². The molecule has 0 aliphatic heterocycles. The third-order valence-electron chi connectivity index (χ3n) is 3.86. The number of hydrogen-bond acceptors (Lipinski definition) is 5. The van der Waals surface area contributed by atoms with E-state index in [-0.39, 0.29) is 24.0 Å². The SMILES string of the molecule is CCCCNC(=O)Cc1noc(-c2cc3cccc(F)c3nc2C)n1. The second kappa shape index (κ2) is 7.38. The van der Waals surface area contributed by atoms with Crippen molar-refractivity contribution in [2.45, 2.75) is 33.1 Å². The van der Waals surface area contributed by atoms with Crippen LogP contribution in [-0.2, 0) is 11.2 Å². The molecule has 3 rings (SSSR count). The number of benzene rings is 1. The monoisotopic (exact) mass is 342 g/mol. The van der Waals surface area contributed by atoms with Gasteiger partial charge >= 0.3 is 0 Å². The summed E-state index contributed by atoms with van der Waals surface area (Å²) in [7, 11) is 0. The first-order valence-electron chi connectivity index (χ1n) is 8.24. The van der Waals surface area contributed by atoms with Crippen molar-refractivity contribution in [2.24, 2.45) is 0 Å². The molecule has 0 aliphatic carbocycles. The van der Waals surface area contributed by atoms with Crippen LogP contribution in [0.5, 0.6) is 0 Å². The van der Waals surface area contributed by atoms with E-state index >= 15 is 0 Å². The zero-order valence-corrected chi connectivity index (χ0v) is 14.2. The third kappa shape index (κ3) is 3.81. The molecular formula is C18H19FN4O2. The summed E-state index contributed by atoms with van der Waals surface area (Å²) in [4.78, 5) is 20.4. The van der Waals surface area contributed by atoms with Gasteiger partial charge in [-0.25, -0.2) is 9.37 Å². The molecule has 0 aliphatic rings. The molecule has 0 spiro atoms. The van der Waals surface area contributed by atoms with E-state index in [4.69, 9.17) is 4.52 Å². The Hall–Kier alpha value is -2.83. The lowest BCUT2D eigenvalue weighted by molar-refractivity contribution is -0.120. The molecule has 6 nitrogen and oxygen atoms in total. The number of carbonyl (C=O) groups is 1. The molecule has 0 fully saturated rings. The Morgan fingerprint density at radius 1 is 1.32 bits per heavy atom. The van der Waals surface area contributed by atoms with Crippen molar-refractivity contribution >= 4 is 16.8 Å². The molecule has 1 aromatic carbocycles. The summed E-state index contributed by atoms with van der Waals surface area (Å²) >= 11 is 0. The van der Waals surface area contributed by atoms with Gasteiger partial charge in [0, 0.05) is 11.9 Å². The fraction of sp³-hybridized carbons (Fsp3) is 0.333. The molecule has 1 amide bonds. The highest BCUT2D eigenvalue weighted by atomic mass is 19.1. The average Bonchev–Trinajstić information content (AvgIpc) is 3.03. The molecule has 0 unspecified atom stereocenters. The van der Waals surface area contributed by atoms with Gasteiger partial charge < -0.3 is 9.84 Å². The van der Waals surface area contributed by atoms with Crippen LogP contribution in [0, 0.1) is 12.7 Å². The number of halogens is 1. The van der Waals surface area contributed by atoms with Gasteiger partial charge in [-0.05, 0) is 25.5 Å². The number of aromatic nitrogens is 3. The molecule has 0 saturated carbocycles. The lowest BCUT2D eigenvalue weighted by Crippen LogP contribution is -2.26. The lowest BCUT2D eigenvalue weighted by atomic mass is 10.1. The first-order valence-corrected chi connectivity index (χ1v) is 8.24. The maximum atomic E-state index is 13.8. The summed E-state index contributed by atoms with van der Waals surface area (Å²) in [6, 6.07) is 6.53. The number of rotatable bonds is 6. The highest BCUT2D eigenvalue weighted by molar-refractivity contribution is 5.84. The van der Waals surface area contributed by atoms with Gasteiger partial charge in [0.25, 0.3) is 5.89 Å². The van der Waals surface area contributed by atoms with Crippen molar-refractivity contribution < 1.29 is 13.7 Å². The predicted molar refractivity (Wildman–Crippen MR) is 91.4 cm³/mol. The van der Waals surface area contributed by atoms with Crippen LogP contribution >= 0.6 is 0 Å². The van der Waals surface area contributed by atoms with E-state index in [0.29, 0.717) is 34.5 Å². The quantitative estimate of drug-likeness (QED) is 0.696. The Labute approximate surface area is 144 Å². The van der Waals surface area contributed by atoms with Crippen molar-refractivity contribution in [1.29, 1.82) is 0 Å². The average molecular weight is 342 g/mol. The molecule has 3 aromatic rings. The number of amides is 1. The van der Waals surface area contributed by atoms with E-state index in [1.807, 2.05) is 0 Å². The Kier molecular flexibility index (Phi) is 5.02. The number of hydrogen-bond donors (Lipinski definition) is 1. The number of pyridine rings is 1. The largest absolute Gasteiger partial charge is 0.356 e. The fourth-order valence-electron chi connectivity index (χ4n) is 2.52. The van der Waals surface area contributed by atoms with Crippen molar-refractivity contribution in [3.05, 3.63) is 41.6 Å². The molecule has 0 saturated heterocycles. The molecular weight excluding hydrogens is 323 g/mol. The van der Waals surface area contributed by atoms with E-state index in [1.54, 1.807) is 25.1 Å². The van der Waals surface area contributed by atoms with Gasteiger partial charge in [0.15, 0.2) is 5.82 Å². The molecule has 130 valence electrons. The number of nitrogens with zero attached hydrogens (tertiary/aromatic N) is 3. The van der Waals surface area contributed by atoms with Gasteiger partial charge in [0.05, 0.1) is 17.7 Å². The zero-order chi connectivity index (χ0) is 17.8. The molecule has 0 radical (unpaired) electrons. The topological polar surface area (TPSA) is 80.9 Å². The molecule has 2 aromatic heterocycles. The van der Waals surface area contributed by atoms with Crippen LogP contribution in [0.2, 0.25) is 0 Å². The second-order valence-corrected chi connectivity index (χ2v) is 5.83. The van der Waals surface area contributed by atoms with Gasteiger partial charge in [-0.2, -0.15) is 4.98 Å². The fourth-order valence-corrected chi connectivity index (χ4v) is 2.52. The highest BCUT2D eigenvalue weighted by Crippen LogP contribution is 2.26. The number of carbonyl (C=O) groups excluding carboxylic acids is 1. The minimum absolute atomic E-state index is 0.0574. The Morgan fingerprint density at radius 2 is 2.16 bits per heavy atom. The Balaban J connectivity index is 1.81. The van der Waals surface area contributed by atoms with Crippen molar-refractivity contribution in [3.63, 3.8) is 0 Å². The third-order valence-corrected chi connectivity index (χ3v) is 3.86. The normalized spacial score (nSPS) is 11.0. The summed E-state index contributed by atoms with van der Waals surface area (Å²) in [6.07, 6.45) is 2.01. The van der Waals surface area contributed by atoms with E-state index in [1.165, 1.54) is 6.07 Å². The first-order chi connectivity index (χ1) is 12.1. The van der Waals surface area contributed by atoms with Crippen LogP contribution in [0.3, 0.4) is 0 Å². The number of para-hydroxylation sites is 1. The first kappa shape index (κ1) is 17.0. The zero-order valence-electron chi connectivity index (χ0n) is 14.2. The Bertz CT molecular complexity index is 907. The lowest BCUT2D eigenvalue weighted by Gasteiger charge is -2.04. The number of unbranched alkanes of at least 4 members (excludes halogenated alkanes) is 1. The van der Waals surface area contributed by atoms with Crippen molar-refractivity contribution in [2.75, 3.05) is 6.54 Å². The second-order valence-electron chi connectivity index (χ2n) is 5.83. The summed E-state index contributed by atoms with van der Waals surface area (Å²) < 4.78 is 19.1. The minimum atomic E-state index is -0.373. The summed E-state index contributed by atoms with van der Waals surface area (Å²) in [5.74, 6) is 0.0635. The van der Waals surface area contributed by atoms with Gasteiger partial charge in [-0.1, -0.05) is 30.6 Å². The Morgan fingerprint density at radius 3 is 2.96 bits per heavy atom. The van der Waals surface area contributed by atoms with Gasteiger partial charge in [0.1, 0.15) is 11.3 Å². The molecule has 1 N–H and O–H groups in total. The van der Waals surface area contributed by atoms with Crippen LogP contribution in [0.25, 0.3) is 22.4 Å². The van der Waals surface area contributed by atoms with E-state index in [2.05, 4.69) is 27.4 Å². The number of fused-ring (bicyclic) bond motifs is 1. The highest BCUT2D eigenvalue weighted by Gasteiger charge is 2.16. The number of nitrogens with one attached hydrogen (secondary N) is 1. The molecule has 0 atom stereocenters. The van der Waals surface area contributed by atoms with Crippen LogP contribution < -0.4 is 5.32 Å². The van der Waals surface area contributed by atoms with E-state index in [9.17, 15) is 9.18 Å². The number of aryl methyl sites for hydroxylation is 1. The van der Waals surface area contributed by atoms with Crippen molar-refractivity contribution in [1.82, 2.24) is 20.4 Å². The van der Waals surface area contributed by atoms with Crippen LogP contribution in [0.4, 0.5) is 4.39 Å². The van der Waals surface area contributed by atoms with Crippen LogP contribution in [0.1, 0.15) is 31.3 Å². The van der Waals surface area contributed by atoms with E-state index in [0.717, 1.165) is 12.8 Å². The summed E-state index contributed by atoms with van der Waals surface area (Å²) in [5.41, 5.74) is 1.52. The van der Waals surface area contributed by atoms with E-state index < -0.39 is 0 Å². The summed E-state index contributed by atoms with van der Waals surface area (Å²) in [5, 5.41) is 7.31. The predicted octanol–water partition coefficient (Wildman–Crippen LogP) is 3.19. The molecule has 7 heteroatoms. The molecule has 25 heavy (non-hydrogen) atoms. The van der Waals surface area contributed by atoms with Gasteiger partial charge in [-0.15, -0.1) is 0 Å². The smallest absolute Gasteiger partial charge is 0.259 e. The maximum absolute atomic E-state index is 13.8. The summed E-state index contributed by atoms with van der Waals surface area (Å²) in [6.45, 7) is 4.45. The van der Waals surface area contributed by atoms with Gasteiger partial charge in [0.2, 0.25) is 5.91 Å².